The van der Waals surface area contributed by atoms with E-state index in [0.717, 1.165) is 30.8 Å². The summed E-state index contributed by atoms with van der Waals surface area (Å²) in [5, 5.41) is 5.83. The number of rotatable bonds is 6. The van der Waals surface area contributed by atoms with Crippen molar-refractivity contribution in [3.8, 4) is 0 Å². The van der Waals surface area contributed by atoms with E-state index in [2.05, 4.69) is 10.6 Å². The second-order valence-electron chi connectivity index (χ2n) is 4.87. The van der Waals surface area contributed by atoms with Gasteiger partial charge in [-0.1, -0.05) is 19.1 Å². The summed E-state index contributed by atoms with van der Waals surface area (Å²) in [6.45, 7) is 4.41. The van der Waals surface area contributed by atoms with Crippen LogP contribution in [0.2, 0.25) is 0 Å². The molecule has 20 heavy (non-hydrogen) atoms. The number of carbonyl (C=O) groups excluding carboxylic acids is 2. The molecule has 1 fully saturated rings. The molecule has 0 saturated carbocycles. The van der Waals surface area contributed by atoms with E-state index in [0.29, 0.717) is 19.5 Å². The van der Waals surface area contributed by atoms with Crippen LogP contribution in [0.15, 0.2) is 24.3 Å². The molecule has 2 rings (SSSR count). The Bertz CT molecular complexity index is 471. The smallest absolute Gasteiger partial charge is 0.234 e. The first kappa shape index (κ1) is 14.5. The van der Waals surface area contributed by atoms with Crippen LogP contribution in [-0.4, -0.2) is 31.4 Å². The maximum atomic E-state index is 11.6. The number of benzene rings is 1. The number of nitrogens with zero attached hydrogens (tertiary/aromatic N) is 1. The van der Waals surface area contributed by atoms with Gasteiger partial charge in [-0.05, 0) is 30.7 Å². The lowest BCUT2D eigenvalue weighted by Crippen LogP contribution is -2.33. The van der Waals surface area contributed by atoms with Crippen molar-refractivity contribution in [2.45, 2.75) is 26.3 Å². The standard InChI is InChI=1S/C15H21N3O2/c1-2-16-11-14(19)17-10-12-5-7-13(8-6-12)18-9-3-4-15(18)20/h5-8,16H,2-4,9-11H2,1H3,(H,17,19). The summed E-state index contributed by atoms with van der Waals surface area (Å²) in [5.74, 6) is 0.183. The zero-order valence-electron chi connectivity index (χ0n) is 11.8. The molecule has 0 aromatic heterocycles. The van der Waals surface area contributed by atoms with Crippen LogP contribution in [0.3, 0.4) is 0 Å². The summed E-state index contributed by atoms with van der Waals surface area (Å²) >= 11 is 0. The maximum absolute atomic E-state index is 11.6. The van der Waals surface area contributed by atoms with Crippen LogP contribution in [-0.2, 0) is 16.1 Å². The molecule has 5 nitrogen and oxygen atoms in total. The number of likely N-dealkylation sites (N-methyl/N-ethyl adjacent to an activating group) is 1. The van der Waals surface area contributed by atoms with Gasteiger partial charge in [-0.25, -0.2) is 0 Å². The summed E-state index contributed by atoms with van der Waals surface area (Å²) in [7, 11) is 0. The molecule has 1 aromatic rings. The fraction of sp³-hybridized carbons (Fsp3) is 0.467. The van der Waals surface area contributed by atoms with Crippen molar-refractivity contribution in [2.75, 3.05) is 24.5 Å². The number of hydrogen-bond donors (Lipinski definition) is 2. The topological polar surface area (TPSA) is 61.4 Å². The molecule has 5 heteroatoms. The van der Waals surface area contributed by atoms with Crippen LogP contribution in [0.5, 0.6) is 0 Å². The van der Waals surface area contributed by atoms with Gasteiger partial charge in [0.25, 0.3) is 0 Å². The minimum atomic E-state index is -0.00866. The summed E-state index contributed by atoms with van der Waals surface area (Å²) in [4.78, 5) is 24.9. The van der Waals surface area contributed by atoms with Crippen molar-refractivity contribution in [2.24, 2.45) is 0 Å². The average molecular weight is 275 g/mol. The first-order valence-corrected chi connectivity index (χ1v) is 7.07. The quantitative estimate of drug-likeness (QED) is 0.815. The molecular formula is C15H21N3O2. The van der Waals surface area contributed by atoms with Crippen LogP contribution >= 0.6 is 0 Å². The molecule has 0 unspecified atom stereocenters. The van der Waals surface area contributed by atoms with Crippen LogP contribution in [0.4, 0.5) is 5.69 Å². The zero-order chi connectivity index (χ0) is 14.4. The largest absolute Gasteiger partial charge is 0.351 e. The molecular weight excluding hydrogens is 254 g/mol. The third-order valence-corrected chi connectivity index (χ3v) is 3.35. The van der Waals surface area contributed by atoms with E-state index in [4.69, 9.17) is 0 Å². The predicted molar refractivity (Wildman–Crippen MR) is 78.4 cm³/mol. The van der Waals surface area contributed by atoms with E-state index in [1.54, 1.807) is 0 Å². The highest BCUT2D eigenvalue weighted by molar-refractivity contribution is 5.95. The molecule has 1 aliphatic heterocycles. The van der Waals surface area contributed by atoms with E-state index < -0.39 is 0 Å². The summed E-state index contributed by atoms with van der Waals surface area (Å²) in [5.41, 5.74) is 1.97. The normalized spacial score (nSPS) is 14.7. The Morgan fingerprint density at radius 1 is 1.30 bits per heavy atom. The lowest BCUT2D eigenvalue weighted by Gasteiger charge is -2.16. The van der Waals surface area contributed by atoms with Crippen LogP contribution in [0.1, 0.15) is 25.3 Å². The minimum absolute atomic E-state index is 0.00866. The highest BCUT2D eigenvalue weighted by atomic mass is 16.2. The number of nitrogens with one attached hydrogen (secondary N) is 2. The number of hydrogen-bond acceptors (Lipinski definition) is 3. The van der Waals surface area contributed by atoms with Crippen molar-refractivity contribution < 1.29 is 9.59 Å². The molecule has 0 aliphatic carbocycles. The predicted octanol–water partition coefficient (Wildman–Crippen LogP) is 1.04. The Hall–Kier alpha value is -1.88. The van der Waals surface area contributed by atoms with E-state index in [-0.39, 0.29) is 11.8 Å². The van der Waals surface area contributed by atoms with E-state index in [1.807, 2.05) is 36.1 Å². The molecule has 0 spiro atoms. The number of carbonyl (C=O) groups is 2. The SMILES string of the molecule is CCNCC(=O)NCc1ccc(N2CCCC2=O)cc1. The minimum Gasteiger partial charge on any atom is -0.351 e. The van der Waals surface area contributed by atoms with Crippen molar-refractivity contribution in [3.05, 3.63) is 29.8 Å². The first-order valence-electron chi connectivity index (χ1n) is 7.07. The van der Waals surface area contributed by atoms with Crippen molar-refractivity contribution in [1.29, 1.82) is 0 Å². The van der Waals surface area contributed by atoms with Gasteiger partial charge in [0, 0.05) is 25.2 Å². The van der Waals surface area contributed by atoms with Gasteiger partial charge in [-0.2, -0.15) is 0 Å². The second-order valence-corrected chi connectivity index (χ2v) is 4.87. The molecule has 108 valence electrons. The third-order valence-electron chi connectivity index (χ3n) is 3.35. The Morgan fingerprint density at radius 2 is 2.05 bits per heavy atom. The maximum Gasteiger partial charge on any atom is 0.234 e. The lowest BCUT2D eigenvalue weighted by molar-refractivity contribution is -0.120. The zero-order valence-corrected chi connectivity index (χ0v) is 11.8. The van der Waals surface area contributed by atoms with Gasteiger partial charge in [0.15, 0.2) is 0 Å². The molecule has 0 atom stereocenters. The molecule has 1 aromatic carbocycles. The summed E-state index contributed by atoms with van der Waals surface area (Å²) in [6, 6.07) is 7.78. The average Bonchev–Trinajstić information content (AvgIpc) is 2.89. The van der Waals surface area contributed by atoms with Crippen LogP contribution in [0.25, 0.3) is 0 Å². The van der Waals surface area contributed by atoms with Crippen molar-refractivity contribution in [1.82, 2.24) is 10.6 Å². The van der Waals surface area contributed by atoms with Gasteiger partial charge in [-0.3, -0.25) is 9.59 Å². The summed E-state index contributed by atoms with van der Waals surface area (Å²) in [6.07, 6.45) is 1.57. The van der Waals surface area contributed by atoms with Crippen LogP contribution < -0.4 is 15.5 Å². The molecule has 0 bridgehead atoms. The highest BCUT2D eigenvalue weighted by Gasteiger charge is 2.21. The Balaban J connectivity index is 1.85. The number of amides is 2. The van der Waals surface area contributed by atoms with Gasteiger partial charge in [0.1, 0.15) is 0 Å². The molecule has 2 N–H and O–H groups in total. The van der Waals surface area contributed by atoms with Gasteiger partial charge < -0.3 is 15.5 Å². The lowest BCUT2D eigenvalue weighted by atomic mass is 10.2. The summed E-state index contributed by atoms with van der Waals surface area (Å²) < 4.78 is 0. The highest BCUT2D eigenvalue weighted by Crippen LogP contribution is 2.21. The fourth-order valence-electron chi connectivity index (χ4n) is 2.22. The van der Waals surface area contributed by atoms with E-state index in [9.17, 15) is 9.59 Å². The molecule has 1 heterocycles. The number of anilines is 1. The molecule has 1 aliphatic rings. The van der Waals surface area contributed by atoms with Crippen molar-refractivity contribution in [3.63, 3.8) is 0 Å². The Kier molecular flexibility index (Phi) is 5.12. The first-order chi connectivity index (χ1) is 9.70. The van der Waals surface area contributed by atoms with Gasteiger partial charge in [-0.15, -0.1) is 0 Å². The van der Waals surface area contributed by atoms with Gasteiger partial charge in [0.05, 0.1) is 6.54 Å². The van der Waals surface area contributed by atoms with E-state index in [1.165, 1.54) is 0 Å². The molecule has 2 amide bonds. The second kappa shape index (κ2) is 7.05. The van der Waals surface area contributed by atoms with Crippen molar-refractivity contribution >= 4 is 17.5 Å². The molecule has 1 saturated heterocycles. The van der Waals surface area contributed by atoms with Gasteiger partial charge in [0.2, 0.25) is 11.8 Å². The molecule has 0 radical (unpaired) electrons. The third kappa shape index (κ3) is 3.81. The Morgan fingerprint density at radius 3 is 2.65 bits per heavy atom. The van der Waals surface area contributed by atoms with Crippen LogP contribution in [0, 0.1) is 0 Å². The monoisotopic (exact) mass is 275 g/mol. The van der Waals surface area contributed by atoms with Gasteiger partial charge >= 0.3 is 0 Å². The fourth-order valence-corrected chi connectivity index (χ4v) is 2.22. The Labute approximate surface area is 119 Å². The van der Waals surface area contributed by atoms with E-state index >= 15 is 0 Å².